The maximum Gasteiger partial charge on any atom is 0.239 e. The number of hydrogen-bond donors (Lipinski definition) is 1. The number of piperidine rings is 1. The Morgan fingerprint density at radius 1 is 1.32 bits per heavy atom. The van der Waals surface area contributed by atoms with Gasteiger partial charge in [0.25, 0.3) is 0 Å². The smallest absolute Gasteiger partial charge is 0.239 e. The summed E-state index contributed by atoms with van der Waals surface area (Å²) in [6.07, 6.45) is 7.39. The second-order valence-electron chi connectivity index (χ2n) is 7.43. The number of aromatic nitrogens is 2. The molecule has 1 aliphatic carbocycles. The fraction of sp³-hybridized carbons (Fsp3) is 0.778. The van der Waals surface area contributed by atoms with Crippen molar-refractivity contribution < 1.29 is 14.3 Å². The van der Waals surface area contributed by atoms with Gasteiger partial charge in [0.05, 0.1) is 38.0 Å². The third kappa shape index (κ3) is 3.88. The van der Waals surface area contributed by atoms with Crippen molar-refractivity contribution in [2.75, 3.05) is 31.6 Å². The first-order valence-electron chi connectivity index (χ1n) is 9.53. The second-order valence-corrected chi connectivity index (χ2v) is 7.43. The number of carbonyl (C=O) groups is 1. The second kappa shape index (κ2) is 7.43. The lowest BCUT2D eigenvalue weighted by Crippen LogP contribution is -2.50. The van der Waals surface area contributed by atoms with Crippen molar-refractivity contribution in [3.63, 3.8) is 0 Å². The highest BCUT2D eigenvalue weighted by Gasteiger charge is 2.35. The zero-order valence-corrected chi connectivity index (χ0v) is 14.9. The highest BCUT2D eigenvalue weighted by Crippen LogP contribution is 2.40. The molecule has 3 fully saturated rings. The van der Waals surface area contributed by atoms with Crippen LogP contribution in [0.15, 0.2) is 12.3 Å². The number of nitrogens with zero attached hydrogens (tertiary/aromatic N) is 3. The van der Waals surface area contributed by atoms with E-state index in [0.29, 0.717) is 31.7 Å². The van der Waals surface area contributed by atoms with E-state index < -0.39 is 0 Å². The van der Waals surface area contributed by atoms with E-state index in [9.17, 15) is 4.79 Å². The highest BCUT2D eigenvalue weighted by molar-refractivity contribution is 5.91. The van der Waals surface area contributed by atoms with Crippen LogP contribution < -0.4 is 5.32 Å². The van der Waals surface area contributed by atoms with E-state index in [1.54, 1.807) is 6.20 Å². The Morgan fingerprint density at radius 2 is 2.12 bits per heavy atom. The molecule has 1 saturated carbocycles. The molecule has 25 heavy (non-hydrogen) atoms. The summed E-state index contributed by atoms with van der Waals surface area (Å²) in [5.41, 5.74) is 0. The Morgan fingerprint density at radius 3 is 2.88 bits per heavy atom. The molecule has 2 atom stereocenters. The maximum atomic E-state index is 12.6. The topological polar surface area (TPSA) is 68.6 Å². The minimum atomic E-state index is -0.187. The number of anilines is 1. The summed E-state index contributed by atoms with van der Waals surface area (Å²) >= 11 is 0. The lowest BCUT2D eigenvalue weighted by Gasteiger charge is -2.37. The average Bonchev–Trinajstić information content (AvgIpc) is 3.13. The molecule has 1 aromatic rings. The van der Waals surface area contributed by atoms with Crippen LogP contribution in [0.1, 0.15) is 45.1 Å². The van der Waals surface area contributed by atoms with Crippen LogP contribution >= 0.6 is 0 Å². The molecule has 3 heterocycles. The minimum absolute atomic E-state index is 0.00893. The van der Waals surface area contributed by atoms with Gasteiger partial charge < -0.3 is 14.8 Å². The van der Waals surface area contributed by atoms with Crippen LogP contribution in [0.25, 0.3) is 0 Å². The molecule has 3 aliphatic rings. The van der Waals surface area contributed by atoms with Crippen molar-refractivity contribution in [1.82, 2.24) is 14.7 Å². The lowest BCUT2D eigenvalue weighted by molar-refractivity contribution is -0.127. The summed E-state index contributed by atoms with van der Waals surface area (Å²) in [6, 6.07) is 2.40. The largest absolute Gasteiger partial charge is 0.349 e. The summed E-state index contributed by atoms with van der Waals surface area (Å²) in [6.45, 7) is 4.77. The molecule has 7 nitrogen and oxygen atoms in total. The standard InChI is InChI=1S/C18H28N4O3/c1-13(14-5-6-14)22-16(7-8-19-22)20-17(23)12-21-9-3-2-4-15(21)18-24-10-11-25-18/h7-8,13-15,18H,2-6,9-12H2,1H3,(H,20,23). The molecule has 0 radical (unpaired) electrons. The van der Waals surface area contributed by atoms with Gasteiger partial charge in [0.2, 0.25) is 5.91 Å². The number of carbonyl (C=O) groups excluding carboxylic acids is 1. The van der Waals surface area contributed by atoms with E-state index in [2.05, 4.69) is 22.2 Å². The van der Waals surface area contributed by atoms with Gasteiger partial charge in [-0.3, -0.25) is 9.69 Å². The first-order chi connectivity index (χ1) is 12.2. The van der Waals surface area contributed by atoms with E-state index in [4.69, 9.17) is 9.47 Å². The summed E-state index contributed by atoms with van der Waals surface area (Å²) in [5, 5.41) is 7.45. The van der Waals surface area contributed by atoms with E-state index in [-0.39, 0.29) is 18.2 Å². The van der Waals surface area contributed by atoms with Gasteiger partial charge in [-0.25, -0.2) is 4.68 Å². The molecule has 7 heteroatoms. The fourth-order valence-electron chi connectivity index (χ4n) is 4.00. The number of nitrogens with one attached hydrogen (secondary N) is 1. The van der Waals surface area contributed by atoms with Crippen molar-refractivity contribution in [1.29, 1.82) is 0 Å². The van der Waals surface area contributed by atoms with Crippen LogP contribution in [0.2, 0.25) is 0 Å². The normalized spacial score (nSPS) is 26.7. The van der Waals surface area contributed by atoms with Crippen LogP contribution in [0.3, 0.4) is 0 Å². The molecular formula is C18H28N4O3. The highest BCUT2D eigenvalue weighted by atomic mass is 16.7. The number of likely N-dealkylation sites (tertiary alicyclic amines) is 1. The van der Waals surface area contributed by atoms with Gasteiger partial charge in [0.15, 0.2) is 6.29 Å². The van der Waals surface area contributed by atoms with Crippen LogP contribution in [0, 0.1) is 5.92 Å². The van der Waals surface area contributed by atoms with Crippen LogP contribution in [0.4, 0.5) is 5.82 Å². The summed E-state index contributed by atoms with van der Waals surface area (Å²) in [5.74, 6) is 1.50. The zero-order valence-electron chi connectivity index (χ0n) is 14.9. The van der Waals surface area contributed by atoms with Crippen molar-refractivity contribution in [3.05, 3.63) is 12.3 Å². The summed E-state index contributed by atoms with van der Waals surface area (Å²) < 4.78 is 13.3. The van der Waals surface area contributed by atoms with Gasteiger partial charge in [0.1, 0.15) is 5.82 Å². The van der Waals surface area contributed by atoms with Crippen molar-refractivity contribution >= 4 is 11.7 Å². The van der Waals surface area contributed by atoms with Gasteiger partial charge >= 0.3 is 0 Å². The Kier molecular flexibility index (Phi) is 5.05. The molecular weight excluding hydrogens is 320 g/mol. The zero-order chi connectivity index (χ0) is 17.2. The Balaban J connectivity index is 1.37. The monoisotopic (exact) mass is 348 g/mol. The Labute approximate surface area is 148 Å². The molecule has 1 N–H and O–H groups in total. The molecule has 1 amide bonds. The molecule has 0 aromatic carbocycles. The molecule has 2 saturated heterocycles. The molecule has 2 unspecified atom stereocenters. The van der Waals surface area contributed by atoms with Crippen LogP contribution in [-0.2, 0) is 14.3 Å². The first kappa shape index (κ1) is 17.0. The van der Waals surface area contributed by atoms with E-state index in [1.165, 1.54) is 12.8 Å². The fourth-order valence-corrected chi connectivity index (χ4v) is 4.00. The van der Waals surface area contributed by atoms with E-state index >= 15 is 0 Å². The molecule has 4 rings (SSSR count). The molecule has 0 spiro atoms. The van der Waals surface area contributed by atoms with Gasteiger partial charge in [0, 0.05) is 6.07 Å². The first-order valence-corrected chi connectivity index (χ1v) is 9.53. The maximum absolute atomic E-state index is 12.6. The van der Waals surface area contributed by atoms with Crippen LogP contribution in [0.5, 0.6) is 0 Å². The number of hydrogen-bond acceptors (Lipinski definition) is 5. The number of amides is 1. The van der Waals surface area contributed by atoms with Gasteiger partial charge in [-0.05, 0) is 45.1 Å². The Bertz CT molecular complexity index is 595. The minimum Gasteiger partial charge on any atom is -0.349 e. The molecule has 2 aliphatic heterocycles. The third-order valence-electron chi connectivity index (χ3n) is 5.60. The molecule has 0 bridgehead atoms. The lowest BCUT2D eigenvalue weighted by atomic mass is 10.0. The average molecular weight is 348 g/mol. The Hall–Kier alpha value is -1.44. The molecule has 1 aromatic heterocycles. The number of rotatable bonds is 6. The number of ether oxygens (including phenoxy) is 2. The summed E-state index contributed by atoms with van der Waals surface area (Å²) in [7, 11) is 0. The predicted octanol–water partition coefficient (Wildman–Crippen LogP) is 2.02. The van der Waals surface area contributed by atoms with E-state index in [0.717, 1.165) is 31.6 Å². The van der Waals surface area contributed by atoms with Gasteiger partial charge in [-0.2, -0.15) is 5.10 Å². The van der Waals surface area contributed by atoms with Crippen molar-refractivity contribution in [2.24, 2.45) is 5.92 Å². The SMILES string of the molecule is CC(C1CC1)n1nccc1NC(=O)CN1CCCCC1C1OCCO1. The van der Waals surface area contributed by atoms with Crippen molar-refractivity contribution in [2.45, 2.75) is 57.4 Å². The molecule has 138 valence electrons. The van der Waals surface area contributed by atoms with Gasteiger partial charge in [-0.1, -0.05) is 6.42 Å². The van der Waals surface area contributed by atoms with Crippen molar-refractivity contribution in [3.8, 4) is 0 Å². The predicted molar refractivity (Wildman–Crippen MR) is 93.2 cm³/mol. The van der Waals surface area contributed by atoms with Crippen LogP contribution in [-0.4, -0.2) is 59.2 Å². The van der Waals surface area contributed by atoms with Gasteiger partial charge in [-0.15, -0.1) is 0 Å². The summed E-state index contributed by atoms with van der Waals surface area (Å²) in [4.78, 5) is 14.8. The third-order valence-corrected chi connectivity index (χ3v) is 5.60. The quantitative estimate of drug-likeness (QED) is 0.852. The van der Waals surface area contributed by atoms with E-state index in [1.807, 2.05) is 10.7 Å².